The summed E-state index contributed by atoms with van der Waals surface area (Å²) < 4.78 is 2.85. The molecule has 2 heterocycles. The first-order chi connectivity index (χ1) is 9.66. The Kier molecular flexibility index (Phi) is 3.75. The molecule has 104 valence electrons. The first kappa shape index (κ1) is 13.6. The van der Waals surface area contributed by atoms with Crippen LogP contribution in [0.1, 0.15) is 18.9 Å². The first-order valence-electron chi connectivity index (χ1n) is 6.07. The highest BCUT2D eigenvalue weighted by molar-refractivity contribution is 9.10. The van der Waals surface area contributed by atoms with E-state index in [1.165, 1.54) is 11.8 Å². The summed E-state index contributed by atoms with van der Waals surface area (Å²) in [6.07, 6.45) is 3.84. The van der Waals surface area contributed by atoms with Crippen LogP contribution in [0, 0.1) is 0 Å². The zero-order valence-electron chi connectivity index (χ0n) is 10.4. The lowest BCUT2D eigenvalue weighted by Gasteiger charge is -2.08. The number of carbonyl (C=O) groups is 1. The maximum absolute atomic E-state index is 10.7. The van der Waals surface area contributed by atoms with Crippen molar-refractivity contribution in [3.8, 4) is 11.5 Å². The molecule has 1 saturated carbocycles. The maximum Gasteiger partial charge on any atom is 0.313 e. The van der Waals surface area contributed by atoms with Gasteiger partial charge >= 0.3 is 5.97 Å². The number of nitrogens with zero attached hydrogens (tertiary/aromatic N) is 4. The summed E-state index contributed by atoms with van der Waals surface area (Å²) in [5.41, 5.74) is 0.731. The Bertz CT molecular complexity index is 657. The molecule has 0 bridgehead atoms. The van der Waals surface area contributed by atoms with E-state index in [0.29, 0.717) is 17.0 Å². The van der Waals surface area contributed by atoms with Crippen LogP contribution in [0.5, 0.6) is 0 Å². The van der Waals surface area contributed by atoms with E-state index in [1.807, 2.05) is 16.7 Å². The van der Waals surface area contributed by atoms with Gasteiger partial charge in [-0.15, -0.1) is 10.2 Å². The van der Waals surface area contributed by atoms with E-state index in [4.69, 9.17) is 5.11 Å². The topological polar surface area (TPSA) is 80.9 Å². The van der Waals surface area contributed by atoms with Gasteiger partial charge in [-0.2, -0.15) is 0 Å². The number of aromatic nitrogens is 4. The number of carboxylic acid groups (broad SMARTS) is 1. The molecule has 2 aromatic rings. The van der Waals surface area contributed by atoms with Gasteiger partial charge in [-0.1, -0.05) is 11.8 Å². The smallest absolute Gasteiger partial charge is 0.313 e. The predicted molar refractivity (Wildman–Crippen MR) is 77.6 cm³/mol. The zero-order chi connectivity index (χ0) is 14.1. The first-order valence-corrected chi connectivity index (χ1v) is 7.85. The summed E-state index contributed by atoms with van der Waals surface area (Å²) in [6, 6.07) is 4.09. The Hall–Kier alpha value is -1.41. The molecule has 0 aromatic carbocycles. The summed E-state index contributed by atoms with van der Waals surface area (Å²) in [5.74, 6) is -0.192. The van der Waals surface area contributed by atoms with E-state index in [1.54, 1.807) is 6.20 Å². The van der Waals surface area contributed by atoms with Crippen molar-refractivity contribution >= 4 is 33.7 Å². The molecule has 2 aromatic heterocycles. The fourth-order valence-corrected chi connectivity index (χ4v) is 3.03. The molecular formula is C12H11BrN4O2S. The fourth-order valence-electron chi connectivity index (χ4n) is 1.88. The average Bonchev–Trinajstić information content (AvgIpc) is 3.17. The maximum atomic E-state index is 10.7. The van der Waals surface area contributed by atoms with Crippen LogP contribution in [-0.4, -0.2) is 36.6 Å². The molecule has 1 aliphatic carbocycles. The zero-order valence-corrected chi connectivity index (χ0v) is 12.8. The molecule has 0 atom stereocenters. The second-order valence-corrected chi connectivity index (χ2v) is 6.22. The Morgan fingerprint density at radius 3 is 2.95 bits per heavy atom. The lowest BCUT2D eigenvalue weighted by atomic mass is 10.3. The van der Waals surface area contributed by atoms with Crippen molar-refractivity contribution < 1.29 is 9.90 Å². The summed E-state index contributed by atoms with van der Waals surface area (Å²) >= 11 is 4.66. The molecule has 0 radical (unpaired) electrons. The molecule has 6 nitrogen and oxygen atoms in total. The van der Waals surface area contributed by atoms with Crippen LogP contribution < -0.4 is 0 Å². The summed E-state index contributed by atoms with van der Waals surface area (Å²) in [6.45, 7) is 0. The number of rotatable bonds is 5. The normalized spacial score (nSPS) is 14.4. The Morgan fingerprint density at radius 1 is 1.50 bits per heavy atom. The van der Waals surface area contributed by atoms with Crippen molar-refractivity contribution in [2.45, 2.75) is 24.0 Å². The van der Waals surface area contributed by atoms with Crippen molar-refractivity contribution in [2.24, 2.45) is 0 Å². The molecule has 1 fully saturated rings. The van der Waals surface area contributed by atoms with Gasteiger partial charge in [0.1, 0.15) is 5.69 Å². The van der Waals surface area contributed by atoms with E-state index < -0.39 is 5.97 Å². The molecule has 0 spiro atoms. The van der Waals surface area contributed by atoms with Crippen LogP contribution in [-0.2, 0) is 4.79 Å². The summed E-state index contributed by atoms with van der Waals surface area (Å²) in [4.78, 5) is 15.0. The Morgan fingerprint density at radius 2 is 2.30 bits per heavy atom. The summed E-state index contributed by atoms with van der Waals surface area (Å²) in [5, 5.41) is 17.7. The number of carboxylic acids is 1. The average molecular weight is 355 g/mol. The molecule has 0 saturated heterocycles. The highest BCUT2D eigenvalue weighted by Crippen LogP contribution is 2.41. The van der Waals surface area contributed by atoms with E-state index in [2.05, 4.69) is 31.1 Å². The van der Waals surface area contributed by atoms with Crippen molar-refractivity contribution in [3.05, 3.63) is 22.8 Å². The van der Waals surface area contributed by atoms with Gasteiger partial charge in [-0.3, -0.25) is 14.3 Å². The van der Waals surface area contributed by atoms with Gasteiger partial charge in [-0.05, 0) is 40.9 Å². The Labute approximate surface area is 127 Å². The lowest BCUT2D eigenvalue weighted by molar-refractivity contribution is -0.133. The number of pyridine rings is 1. The largest absolute Gasteiger partial charge is 0.481 e. The summed E-state index contributed by atoms with van der Waals surface area (Å²) in [7, 11) is 0. The van der Waals surface area contributed by atoms with Crippen molar-refractivity contribution in [1.82, 2.24) is 19.7 Å². The quantitative estimate of drug-likeness (QED) is 0.831. The van der Waals surface area contributed by atoms with Gasteiger partial charge in [0.05, 0.1) is 5.75 Å². The van der Waals surface area contributed by atoms with Gasteiger partial charge in [0.15, 0.2) is 11.0 Å². The van der Waals surface area contributed by atoms with Gasteiger partial charge < -0.3 is 5.11 Å². The molecule has 0 aliphatic heterocycles. The molecule has 0 unspecified atom stereocenters. The van der Waals surface area contributed by atoms with Crippen molar-refractivity contribution in [1.29, 1.82) is 0 Å². The molecule has 1 aliphatic rings. The van der Waals surface area contributed by atoms with Gasteiger partial charge in [0, 0.05) is 16.7 Å². The second-order valence-electron chi connectivity index (χ2n) is 4.42. The third-order valence-corrected chi connectivity index (χ3v) is 4.44. The Balaban J connectivity index is 1.99. The third-order valence-electron chi connectivity index (χ3n) is 2.87. The molecular weight excluding hydrogens is 344 g/mol. The minimum atomic E-state index is -0.860. The molecule has 3 rings (SSSR count). The lowest BCUT2D eigenvalue weighted by Crippen LogP contribution is -2.04. The van der Waals surface area contributed by atoms with E-state index in [-0.39, 0.29) is 5.75 Å². The SMILES string of the molecule is O=C(O)CSc1nnc(-c2ncccc2Br)n1C1CC1. The number of aliphatic carboxylic acids is 1. The van der Waals surface area contributed by atoms with Crippen LogP contribution in [0.25, 0.3) is 11.5 Å². The van der Waals surface area contributed by atoms with Gasteiger partial charge in [0.2, 0.25) is 0 Å². The van der Waals surface area contributed by atoms with Crippen LogP contribution in [0.15, 0.2) is 28.0 Å². The number of hydrogen-bond acceptors (Lipinski definition) is 5. The van der Waals surface area contributed by atoms with Crippen molar-refractivity contribution in [3.63, 3.8) is 0 Å². The second kappa shape index (κ2) is 5.53. The van der Waals surface area contributed by atoms with Gasteiger partial charge in [-0.25, -0.2) is 0 Å². The van der Waals surface area contributed by atoms with E-state index in [0.717, 1.165) is 23.0 Å². The van der Waals surface area contributed by atoms with E-state index >= 15 is 0 Å². The molecule has 8 heteroatoms. The standard InChI is InChI=1S/C12H11BrN4O2S/c13-8-2-1-5-14-10(8)11-15-16-12(20-6-9(18)19)17(11)7-3-4-7/h1-2,5,7H,3-4,6H2,(H,18,19). The highest BCUT2D eigenvalue weighted by Gasteiger charge is 2.31. The van der Waals surface area contributed by atoms with Crippen LogP contribution in [0.3, 0.4) is 0 Å². The van der Waals surface area contributed by atoms with Crippen molar-refractivity contribution in [2.75, 3.05) is 5.75 Å². The van der Waals surface area contributed by atoms with Crippen LogP contribution in [0.4, 0.5) is 0 Å². The molecule has 0 amide bonds. The van der Waals surface area contributed by atoms with Gasteiger partial charge in [0.25, 0.3) is 0 Å². The number of thioether (sulfide) groups is 1. The molecule has 1 N–H and O–H groups in total. The molecule has 20 heavy (non-hydrogen) atoms. The monoisotopic (exact) mass is 354 g/mol. The highest BCUT2D eigenvalue weighted by atomic mass is 79.9. The third kappa shape index (κ3) is 2.71. The minimum Gasteiger partial charge on any atom is -0.481 e. The minimum absolute atomic E-state index is 0.0196. The predicted octanol–water partition coefficient (Wildman–Crippen LogP) is 2.61. The fraction of sp³-hybridized carbons (Fsp3) is 0.333. The number of hydrogen-bond donors (Lipinski definition) is 1. The van der Waals surface area contributed by atoms with E-state index in [9.17, 15) is 4.79 Å². The number of halogens is 1. The van der Waals surface area contributed by atoms with Crippen LogP contribution >= 0.6 is 27.7 Å². The van der Waals surface area contributed by atoms with Crippen LogP contribution in [0.2, 0.25) is 0 Å².